The van der Waals surface area contributed by atoms with Crippen LogP contribution in [0.2, 0.25) is 0 Å². The van der Waals surface area contributed by atoms with Gasteiger partial charge < -0.3 is 41.9 Å². The van der Waals surface area contributed by atoms with E-state index in [1.165, 1.54) is 12.1 Å². The van der Waals surface area contributed by atoms with E-state index in [1.54, 1.807) is 18.2 Å². The van der Waals surface area contributed by atoms with Crippen LogP contribution in [0.15, 0.2) is 30.3 Å². The number of nitrogens with one attached hydrogen (secondary N) is 2. The van der Waals surface area contributed by atoms with Gasteiger partial charge in [-0.05, 0) is 12.0 Å². The molecule has 34 heavy (non-hydrogen) atoms. The number of aliphatic carboxylic acids is 1. The molecular formula is C20H28F3N3O8. The summed E-state index contributed by atoms with van der Waals surface area (Å²) in [7, 11) is 0. The standard InChI is InChI=1S/C20H28F3N3O8/c21-20(22,23)7-6-11(24)18(33)26-13(9-27)15(30)16(31)17(32)19(34)25-12(8-14(28)29)10-4-2-1-3-5-10/h1-5,11-13,15-17,27,30-32H,6-9,24H2,(H,25,34)(H,26,33)(H,28,29)/t11-,12-,13-,15+,16+,17-/m0/s1. The highest BCUT2D eigenvalue weighted by atomic mass is 19.4. The summed E-state index contributed by atoms with van der Waals surface area (Å²) in [4.78, 5) is 35.5. The number of carbonyl (C=O) groups is 3. The first kappa shape index (κ1) is 29.3. The highest BCUT2D eigenvalue weighted by Gasteiger charge is 2.37. The zero-order valence-electron chi connectivity index (χ0n) is 17.9. The number of alkyl halides is 3. The quantitative estimate of drug-likeness (QED) is 0.161. The Bertz CT molecular complexity index is 812. The second-order valence-electron chi connectivity index (χ2n) is 7.55. The van der Waals surface area contributed by atoms with E-state index in [2.05, 4.69) is 5.32 Å². The van der Waals surface area contributed by atoms with Crippen molar-refractivity contribution in [2.75, 3.05) is 6.61 Å². The first-order chi connectivity index (χ1) is 15.8. The van der Waals surface area contributed by atoms with Gasteiger partial charge in [-0.3, -0.25) is 14.4 Å². The van der Waals surface area contributed by atoms with Crippen LogP contribution >= 0.6 is 0 Å². The lowest BCUT2D eigenvalue weighted by molar-refractivity contribution is -0.145. The Morgan fingerprint density at radius 2 is 1.56 bits per heavy atom. The third-order valence-corrected chi connectivity index (χ3v) is 4.85. The molecule has 0 aliphatic rings. The minimum Gasteiger partial charge on any atom is -0.481 e. The minimum atomic E-state index is -4.56. The largest absolute Gasteiger partial charge is 0.481 e. The Labute approximate surface area is 192 Å². The lowest BCUT2D eigenvalue weighted by Gasteiger charge is -2.30. The highest BCUT2D eigenvalue weighted by Crippen LogP contribution is 2.22. The smallest absolute Gasteiger partial charge is 0.389 e. The summed E-state index contributed by atoms with van der Waals surface area (Å²) in [5.74, 6) is -3.69. The molecule has 9 N–H and O–H groups in total. The van der Waals surface area contributed by atoms with Crippen molar-refractivity contribution in [3.63, 3.8) is 0 Å². The molecule has 0 bridgehead atoms. The van der Waals surface area contributed by atoms with Gasteiger partial charge in [0.15, 0.2) is 6.10 Å². The number of carbonyl (C=O) groups excluding carboxylic acids is 2. The maximum atomic E-state index is 12.4. The summed E-state index contributed by atoms with van der Waals surface area (Å²) in [6, 6.07) is 3.43. The number of aliphatic hydroxyl groups is 4. The molecule has 1 rings (SSSR count). The number of benzene rings is 1. The number of hydrogen-bond acceptors (Lipinski definition) is 8. The third-order valence-electron chi connectivity index (χ3n) is 4.85. The number of nitrogens with two attached hydrogens (primary N) is 1. The van der Waals surface area contributed by atoms with Crippen molar-refractivity contribution < 1.29 is 53.1 Å². The topological polar surface area (TPSA) is 202 Å². The molecule has 0 radical (unpaired) electrons. The van der Waals surface area contributed by atoms with Crippen molar-refractivity contribution in [1.82, 2.24) is 10.6 Å². The van der Waals surface area contributed by atoms with Gasteiger partial charge in [-0.15, -0.1) is 0 Å². The lowest BCUT2D eigenvalue weighted by Crippen LogP contribution is -2.58. The first-order valence-electron chi connectivity index (χ1n) is 10.1. The van der Waals surface area contributed by atoms with Crippen LogP contribution in [-0.4, -0.2) is 86.5 Å². The Hall–Kier alpha value is -2.78. The molecule has 1 aromatic carbocycles. The van der Waals surface area contributed by atoms with Gasteiger partial charge in [0, 0.05) is 6.42 Å². The summed E-state index contributed by atoms with van der Waals surface area (Å²) in [6.45, 7) is -1.02. The number of rotatable bonds is 13. The zero-order chi connectivity index (χ0) is 26.1. The van der Waals surface area contributed by atoms with Crippen molar-refractivity contribution in [1.29, 1.82) is 0 Å². The Morgan fingerprint density at radius 1 is 0.971 bits per heavy atom. The van der Waals surface area contributed by atoms with Crippen molar-refractivity contribution in [3.05, 3.63) is 35.9 Å². The van der Waals surface area contributed by atoms with E-state index >= 15 is 0 Å². The van der Waals surface area contributed by atoms with Crippen LogP contribution in [0.5, 0.6) is 0 Å². The molecule has 0 aliphatic carbocycles. The molecule has 192 valence electrons. The van der Waals surface area contributed by atoms with E-state index in [-0.39, 0.29) is 0 Å². The van der Waals surface area contributed by atoms with Gasteiger partial charge >= 0.3 is 12.1 Å². The summed E-state index contributed by atoms with van der Waals surface area (Å²) in [6.07, 6.45) is -14.0. The molecule has 0 saturated carbocycles. The average Bonchev–Trinajstić information content (AvgIpc) is 2.78. The Balaban J connectivity index is 2.80. The first-order valence-corrected chi connectivity index (χ1v) is 10.1. The van der Waals surface area contributed by atoms with Crippen molar-refractivity contribution in [2.45, 2.75) is 61.9 Å². The number of halogens is 3. The molecule has 0 spiro atoms. The molecule has 0 aromatic heterocycles. The lowest BCUT2D eigenvalue weighted by atomic mass is 9.98. The Kier molecular flexibility index (Phi) is 11.4. The predicted molar refractivity (Wildman–Crippen MR) is 110 cm³/mol. The molecule has 0 fully saturated rings. The molecule has 14 heteroatoms. The number of carboxylic acids is 1. The van der Waals surface area contributed by atoms with Gasteiger partial charge in [0.1, 0.15) is 12.2 Å². The van der Waals surface area contributed by atoms with Crippen LogP contribution < -0.4 is 16.4 Å². The van der Waals surface area contributed by atoms with Gasteiger partial charge in [0.05, 0.1) is 31.2 Å². The maximum absolute atomic E-state index is 12.4. The summed E-state index contributed by atoms with van der Waals surface area (Å²) >= 11 is 0. The van der Waals surface area contributed by atoms with Crippen molar-refractivity contribution >= 4 is 17.8 Å². The molecule has 0 unspecified atom stereocenters. The second-order valence-corrected chi connectivity index (χ2v) is 7.55. The molecular weight excluding hydrogens is 467 g/mol. The van der Waals surface area contributed by atoms with E-state index in [0.29, 0.717) is 5.56 Å². The van der Waals surface area contributed by atoms with E-state index < -0.39 is 86.3 Å². The van der Waals surface area contributed by atoms with Crippen molar-refractivity contribution in [3.8, 4) is 0 Å². The van der Waals surface area contributed by atoms with Crippen molar-refractivity contribution in [2.24, 2.45) is 5.73 Å². The van der Waals surface area contributed by atoms with Gasteiger partial charge in [0.2, 0.25) is 5.91 Å². The predicted octanol–water partition coefficient (Wildman–Crippen LogP) is -1.45. The SMILES string of the molecule is N[C@@H](CCC(F)(F)F)C(=O)N[C@@H](CO)[C@@H](O)[C@@H](O)[C@H](O)C(=O)N[C@@H](CC(=O)O)c1ccccc1. The van der Waals surface area contributed by atoms with E-state index in [0.717, 1.165) is 0 Å². The minimum absolute atomic E-state index is 0.383. The molecule has 6 atom stereocenters. The summed E-state index contributed by atoms with van der Waals surface area (Å²) in [5.41, 5.74) is 5.75. The molecule has 0 aliphatic heterocycles. The second kappa shape index (κ2) is 13.2. The molecule has 0 saturated heterocycles. The fourth-order valence-electron chi connectivity index (χ4n) is 2.93. The van der Waals surface area contributed by atoms with Crippen LogP contribution in [0, 0.1) is 0 Å². The van der Waals surface area contributed by atoms with Crippen LogP contribution in [0.3, 0.4) is 0 Å². The fraction of sp³-hybridized carbons (Fsp3) is 0.550. The normalized spacial score (nSPS) is 17.1. The highest BCUT2D eigenvalue weighted by molar-refractivity contribution is 5.83. The number of carboxylic acid groups (broad SMARTS) is 1. The van der Waals surface area contributed by atoms with Gasteiger partial charge in [-0.2, -0.15) is 13.2 Å². The zero-order valence-corrected chi connectivity index (χ0v) is 17.9. The molecule has 0 heterocycles. The number of aliphatic hydroxyl groups excluding tert-OH is 4. The summed E-state index contributed by atoms with van der Waals surface area (Å²) in [5, 5.41) is 53.2. The molecule has 2 amide bonds. The van der Waals surface area contributed by atoms with Gasteiger partial charge in [-0.25, -0.2) is 0 Å². The molecule has 11 nitrogen and oxygen atoms in total. The average molecular weight is 495 g/mol. The van der Waals surface area contributed by atoms with Crippen LogP contribution in [0.25, 0.3) is 0 Å². The maximum Gasteiger partial charge on any atom is 0.389 e. The number of hydrogen-bond donors (Lipinski definition) is 8. The monoisotopic (exact) mass is 495 g/mol. The van der Waals surface area contributed by atoms with E-state index in [9.17, 15) is 48.0 Å². The van der Waals surface area contributed by atoms with Gasteiger partial charge in [0.25, 0.3) is 5.91 Å². The fourth-order valence-corrected chi connectivity index (χ4v) is 2.93. The summed E-state index contributed by atoms with van der Waals surface area (Å²) < 4.78 is 36.8. The Morgan fingerprint density at radius 3 is 2.06 bits per heavy atom. The van der Waals surface area contributed by atoms with Crippen LogP contribution in [0.1, 0.15) is 30.9 Å². The van der Waals surface area contributed by atoms with E-state index in [4.69, 9.17) is 10.8 Å². The van der Waals surface area contributed by atoms with Crippen LogP contribution in [-0.2, 0) is 14.4 Å². The van der Waals surface area contributed by atoms with E-state index in [1.807, 2.05) is 5.32 Å². The van der Waals surface area contributed by atoms with Crippen LogP contribution in [0.4, 0.5) is 13.2 Å². The third kappa shape index (κ3) is 9.61. The molecule has 1 aromatic rings. The van der Waals surface area contributed by atoms with Gasteiger partial charge in [-0.1, -0.05) is 30.3 Å². The number of amides is 2.